The van der Waals surface area contributed by atoms with Gasteiger partial charge >= 0.3 is 12.1 Å². The van der Waals surface area contributed by atoms with Gasteiger partial charge < -0.3 is 4.74 Å². The number of hydrogen-bond donors (Lipinski definition) is 0. The van der Waals surface area contributed by atoms with E-state index in [2.05, 4.69) is 9.72 Å². The smallest absolute Gasteiger partial charge is 0.399 e. The van der Waals surface area contributed by atoms with E-state index in [1.165, 1.54) is 19.2 Å². The van der Waals surface area contributed by atoms with E-state index in [-0.39, 0.29) is 24.1 Å². The van der Waals surface area contributed by atoms with Gasteiger partial charge in [-0.3, -0.25) is 4.98 Å². The molecule has 0 spiro atoms. The zero-order chi connectivity index (χ0) is 13.4. The highest BCUT2D eigenvalue weighted by Crippen LogP contribution is 2.53. The van der Waals surface area contributed by atoms with Crippen molar-refractivity contribution in [2.24, 2.45) is 0 Å². The van der Waals surface area contributed by atoms with Gasteiger partial charge in [-0.15, -0.1) is 0 Å². The van der Waals surface area contributed by atoms with Crippen molar-refractivity contribution in [1.29, 1.82) is 0 Å². The summed E-state index contributed by atoms with van der Waals surface area (Å²) in [5.41, 5.74) is -1.70. The number of aromatic nitrogens is 1. The number of carbonyl (C=O) groups excluding carboxylic acids is 1. The first kappa shape index (κ1) is 12.9. The molecule has 0 atom stereocenters. The summed E-state index contributed by atoms with van der Waals surface area (Å²) in [6.07, 6.45) is -2.51. The Bertz CT molecular complexity index is 449. The van der Waals surface area contributed by atoms with Crippen LogP contribution in [0.4, 0.5) is 13.2 Å². The van der Waals surface area contributed by atoms with E-state index in [1.54, 1.807) is 0 Å². The summed E-state index contributed by atoms with van der Waals surface area (Å²) in [6, 6.07) is 2.58. The lowest BCUT2D eigenvalue weighted by molar-refractivity contribution is -0.214. The lowest BCUT2D eigenvalue weighted by atomic mass is 9.66. The van der Waals surface area contributed by atoms with Gasteiger partial charge in [-0.25, -0.2) is 4.79 Å². The van der Waals surface area contributed by atoms with E-state index in [4.69, 9.17) is 0 Å². The van der Waals surface area contributed by atoms with Crippen LogP contribution in [0.1, 0.15) is 35.3 Å². The zero-order valence-corrected chi connectivity index (χ0v) is 9.75. The number of ether oxygens (including phenoxy) is 1. The van der Waals surface area contributed by atoms with Gasteiger partial charge in [0.25, 0.3) is 0 Å². The van der Waals surface area contributed by atoms with Gasteiger partial charge in [0.1, 0.15) is 5.41 Å². The van der Waals surface area contributed by atoms with Crippen molar-refractivity contribution in [3.63, 3.8) is 0 Å². The molecule has 6 heteroatoms. The second-order valence-corrected chi connectivity index (χ2v) is 4.36. The molecule has 0 aliphatic heterocycles. The molecule has 1 aliphatic carbocycles. The fourth-order valence-corrected chi connectivity index (χ4v) is 2.13. The Kier molecular flexibility index (Phi) is 3.04. The molecule has 3 nitrogen and oxygen atoms in total. The van der Waals surface area contributed by atoms with Gasteiger partial charge in [-0.2, -0.15) is 13.2 Å². The minimum Gasteiger partial charge on any atom is -0.465 e. The second kappa shape index (κ2) is 4.26. The van der Waals surface area contributed by atoms with Crippen LogP contribution in [0, 0.1) is 0 Å². The third kappa shape index (κ3) is 1.85. The molecule has 98 valence electrons. The monoisotopic (exact) mass is 259 g/mol. The fraction of sp³-hybridized carbons (Fsp3) is 0.500. The van der Waals surface area contributed by atoms with Gasteiger partial charge in [0.05, 0.1) is 18.4 Å². The lowest BCUT2D eigenvalue weighted by Gasteiger charge is -2.42. The molecule has 1 aromatic heterocycles. The van der Waals surface area contributed by atoms with Gasteiger partial charge in [-0.1, -0.05) is 6.42 Å². The van der Waals surface area contributed by atoms with Crippen LogP contribution >= 0.6 is 0 Å². The maximum absolute atomic E-state index is 13.0. The molecular weight excluding hydrogens is 247 g/mol. The normalized spacial score (nSPS) is 18.0. The van der Waals surface area contributed by atoms with Crippen molar-refractivity contribution in [1.82, 2.24) is 4.98 Å². The highest BCUT2D eigenvalue weighted by atomic mass is 19.4. The van der Waals surface area contributed by atoms with Gasteiger partial charge in [-0.05, 0) is 25.0 Å². The molecule has 1 fully saturated rings. The molecule has 0 unspecified atom stereocenters. The van der Waals surface area contributed by atoms with Crippen molar-refractivity contribution < 1.29 is 22.7 Å². The number of nitrogens with zero attached hydrogens (tertiary/aromatic N) is 1. The number of pyridine rings is 1. The predicted molar refractivity (Wildman–Crippen MR) is 57.2 cm³/mol. The Labute approximate surface area is 102 Å². The Morgan fingerprint density at radius 3 is 2.39 bits per heavy atom. The summed E-state index contributed by atoms with van der Waals surface area (Å²) >= 11 is 0. The minimum absolute atomic E-state index is 0.0195. The molecule has 0 bridgehead atoms. The van der Waals surface area contributed by atoms with Crippen LogP contribution < -0.4 is 0 Å². The zero-order valence-electron chi connectivity index (χ0n) is 9.75. The van der Waals surface area contributed by atoms with Gasteiger partial charge in [0.15, 0.2) is 0 Å². The molecule has 18 heavy (non-hydrogen) atoms. The standard InChI is InChI=1S/C12H12F3NO2/c1-18-10(17)8-3-4-9(16-7-8)11(5-2-6-11)12(13,14)15/h3-4,7H,2,5-6H2,1H3. The molecule has 0 aromatic carbocycles. The average molecular weight is 259 g/mol. The third-order valence-electron chi connectivity index (χ3n) is 3.42. The number of alkyl halides is 3. The van der Waals surface area contributed by atoms with Crippen molar-refractivity contribution in [3.8, 4) is 0 Å². The first-order valence-electron chi connectivity index (χ1n) is 5.52. The largest absolute Gasteiger partial charge is 0.465 e. The molecule has 0 saturated heterocycles. The topological polar surface area (TPSA) is 39.2 Å². The number of halogens is 3. The summed E-state index contributed by atoms with van der Waals surface area (Å²) < 4.78 is 43.6. The molecule has 2 rings (SSSR count). The molecule has 1 saturated carbocycles. The Morgan fingerprint density at radius 2 is 2.06 bits per heavy atom. The maximum atomic E-state index is 13.0. The predicted octanol–water partition coefficient (Wildman–Crippen LogP) is 2.85. The minimum atomic E-state index is -4.30. The first-order valence-corrected chi connectivity index (χ1v) is 5.52. The highest BCUT2D eigenvalue weighted by molar-refractivity contribution is 5.88. The van der Waals surface area contributed by atoms with Gasteiger partial charge in [0, 0.05) is 6.20 Å². The maximum Gasteiger partial charge on any atom is 0.399 e. The van der Waals surface area contributed by atoms with Crippen molar-refractivity contribution in [2.45, 2.75) is 30.9 Å². The number of carbonyl (C=O) groups is 1. The van der Waals surface area contributed by atoms with Crippen molar-refractivity contribution in [3.05, 3.63) is 29.6 Å². The molecule has 0 radical (unpaired) electrons. The number of hydrogen-bond acceptors (Lipinski definition) is 3. The van der Waals surface area contributed by atoms with Crippen LogP contribution in [0.5, 0.6) is 0 Å². The second-order valence-electron chi connectivity index (χ2n) is 4.36. The summed E-state index contributed by atoms with van der Waals surface area (Å²) in [6.45, 7) is 0. The number of methoxy groups -OCH3 is 1. The van der Waals surface area contributed by atoms with E-state index in [9.17, 15) is 18.0 Å². The molecule has 1 aliphatic rings. The number of esters is 1. The summed E-state index contributed by atoms with van der Waals surface area (Å²) in [5.74, 6) is -0.608. The first-order chi connectivity index (χ1) is 8.40. The van der Waals surface area contributed by atoms with Crippen LogP contribution in [0.25, 0.3) is 0 Å². The van der Waals surface area contributed by atoms with E-state index >= 15 is 0 Å². The Balaban J connectivity index is 2.32. The van der Waals surface area contributed by atoms with E-state index in [1.807, 2.05) is 0 Å². The highest BCUT2D eigenvalue weighted by Gasteiger charge is 2.60. The Morgan fingerprint density at radius 1 is 1.39 bits per heavy atom. The van der Waals surface area contributed by atoms with E-state index in [0.717, 1.165) is 6.20 Å². The Hall–Kier alpha value is -1.59. The quantitative estimate of drug-likeness (QED) is 0.766. The van der Waals surface area contributed by atoms with Gasteiger partial charge in [0.2, 0.25) is 0 Å². The number of rotatable bonds is 2. The van der Waals surface area contributed by atoms with E-state index in [0.29, 0.717) is 6.42 Å². The van der Waals surface area contributed by atoms with Crippen LogP contribution in [-0.4, -0.2) is 24.2 Å². The molecule has 0 N–H and O–H groups in total. The molecular formula is C12H12F3NO2. The average Bonchev–Trinajstić information content (AvgIpc) is 2.25. The molecule has 1 aromatic rings. The third-order valence-corrected chi connectivity index (χ3v) is 3.42. The van der Waals surface area contributed by atoms with Crippen LogP contribution in [0.15, 0.2) is 18.3 Å². The molecule has 1 heterocycles. The molecule has 0 amide bonds. The summed E-state index contributed by atoms with van der Waals surface area (Å²) in [4.78, 5) is 15.0. The van der Waals surface area contributed by atoms with Crippen LogP contribution in [0.3, 0.4) is 0 Å². The van der Waals surface area contributed by atoms with E-state index < -0.39 is 17.6 Å². The van der Waals surface area contributed by atoms with Crippen molar-refractivity contribution >= 4 is 5.97 Å². The van der Waals surface area contributed by atoms with Crippen LogP contribution in [-0.2, 0) is 10.2 Å². The lowest BCUT2D eigenvalue weighted by Crippen LogP contribution is -2.48. The SMILES string of the molecule is COC(=O)c1ccc(C2(C(F)(F)F)CCC2)nc1. The summed E-state index contributed by atoms with van der Waals surface area (Å²) in [7, 11) is 1.21. The fourth-order valence-electron chi connectivity index (χ4n) is 2.13. The van der Waals surface area contributed by atoms with Crippen LogP contribution in [0.2, 0.25) is 0 Å². The van der Waals surface area contributed by atoms with Crippen molar-refractivity contribution in [2.75, 3.05) is 7.11 Å². The summed E-state index contributed by atoms with van der Waals surface area (Å²) in [5, 5.41) is 0.